The molecular weight excluding hydrogens is 297 g/mol. The van der Waals surface area contributed by atoms with Crippen LogP contribution in [0.5, 0.6) is 0 Å². The van der Waals surface area contributed by atoms with E-state index in [0.29, 0.717) is 0 Å². The topological polar surface area (TPSA) is 158 Å². The van der Waals surface area contributed by atoms with E-state index in [4.69, 9.17) is 15.3 Å². The second-order valence-corrected chi connectivity index (χ2v) is 2.82. The number of aliphatic carboxylic acids is 2. The number of carboxylic acid groups (broad SMARTS) is 3. The van der Waals surface area contributed by atoms with Crippen LogP contribution >= 0.6 is 0 Å². The number of ether oxygens (including phenoxy) is 1. The van der Waals surface area contributed by atoms with Gasteiger partial charge in [-0.25, -0.2) is 9.59 Å². The van der Waals surface area contributed by atoms with Crippen LogP contribution in [0.3, 0.4) is 0 Å². The van der Waals surface area contributed by atoms with Gasteiger partial charge in [0.25, 0.3) is 0 Å². The fraction of sp³-hybridized carbons (Fsp3) is 0.429. The van der Waals surface area contributed by atoms with Gasteiger partial charge in [-0.2, -0.15) is 0 Å². The van der Waals surface area contributed by atoms with Gasteiger partial charge in [0.15, 0.2) is 5.60 Å². The van der Waals surface area contributed by atoms with Crippen LogP contribution in [0.25, 0.3) is 0 Å². The predicted molar refractivity (Wildman–Crippen MR) is 46.9 cm³/mol. The van der Waals surface area contributed by atoms with Crippen LogP contribution in [0.2, 0.25) is 0 Å². The van der Waals surface area contributed by atoms with Crippen molar-refractivity contribution < 1.29 is 137 Å². The smallest absolute Gasteiger partial charge is 1.00 e. The summed E-state index contributed by atoms with van der Waals surface area (Å²) >= 11 is 0. The minimum atomic E-state index is -2.89. The molecule has 0 aromatic carbocycles. The molecule has 0 aromatic rings. The third-order valence-electron chi connectivity index (χ3n) is 1.48. The Balaban J connectivity index is -0.0000000750. The van der Waals surface area contributed by atoms with Gasteiger partial charge in [-0.3, -0.25) is 9.59 Å². The van der Waals surface area contributed by atoms with Crippen LogP contribution in [-0.2, 0) is 19.1 Å². The fourth-order valence-electron chi connectivity index (χ4n) is 0.836. The van der Waals surface area contributed by atoms with Crippen molar-refractivity contribution in [1.82, 2.24) is 0 Å². The molecule has 0 rings (SSSR count). The first-order valence-electron chi connectivity index (χ1n) is 3.78. The molecule has 0 amide bonds. The van der Waals surface area contributed by atoms with Crippen molar-refractivity contribution in [2.24, 2.45) is 0 Å². The molecule has 9 nitrogen and oxygen atoms in total. The number of hydrogen-bond acceptors (Lipinski definition) is 6. The zero-order valence-corrected chi connectivity index (χ0v) is 16.7. The number of aliphatic hydroxyl groups is 1. The maximum absolute atomic E-state index is 10.7. The maximum Gasteiger partial charge on any atom is 1.00 e. The van der Waals surface area contributed by atoms with Gasteiger partial charge < -0.3 is 29.4 Å². The number of rotatable bonds is 5. The van der Waals surface area contributed by atoms with Gasteiger partial charge >= 0.3 is 113 Å². The van der Waals surface area contributed by atoms with E-state index >= 15 is 0 Å². The summed E-state index contributed by atoms with van der Waals surface area (Å²) in [6.07, 6.45) is -4.51. The van der Waals surface area contributed by atoms with Crippen LogP contribution in [0, 0.1) is 0 Å². The zero-order chi connectivity index (χ0) is 12.9. The Morgan fingerprint density at radius 2 is 1.37 bits per heavy atom. The molecule has 1 unspecified atom stereocenters. The van der Waals surface area contributed by atoms with Crippen LogP contribution in [0.1, 0.15) is 17.1 Å². The second-order valence-electron chi connectivity index (χ2n) is 2.82. The minimum absolute atomic E-state index is 0. The van der Waals surface area contributed by atoms with Gasteiger partial charge in [-0.15, -0.1) is 0 Å². The quantitative estimate of drug-likeness (QED) is 0.220. The van der Waals surface area contributed by atoms with Gasteiger partial charge in [-0.1, -0.05) is 0 Å². The summed E-state index contributed by atoms with van der Waals surface area (Å²) in [7, 11) is 0. The number of carbonyl (C=O) groups excluding carboxylic acids is 1. The van der Waals surface area contributed by atoms with E-state index in [2.05, 4.69) is 4.74 Å². The van der Waals surface area contributed by atoms with Crippen molar-refractivity contribution in [3.63, 3.8) is 0 Å². The van der Waals surface area contributed by atoms with Gasteiger partial charge in [-0.05, 0) is 0 Å². The molecule has 1 atom stereocenters. The summed E-state index contributed by atoms with van der Waals surface area (Å²) in [6.45, 7) is 0. The Morgan fingerprint density at radius 1 is 0.947 bits per heavy atom. The molecule has 0 heterocycles. The predicted octanol–water partition coefficient (Wildman–Crippen LogP) is -9.76. The second kappa shape index (κ2) is 12.6. The monoisotopic (exact) mass is 308 g/mol. The molecule has 0 aliphatic rings. The van der Waals surface area contributed by atoms with E-state index in [9.17, 15) is 24.3 Å². The number of esters is 1. The van der Waals surface area contributed by atoms with E-state index in [-0.39, 0.29) is 93.0 Å². The molecule has 0 aliphatic heterocycles. The Hall–Kier alpha value is 0.840. The molecule has 0 radical (unpaired) electrons. The average molecular weight is 308 g/mol. The Kier molecular flexibility index (Phi) is 18.6. The fourth-order valence-corrected chi connectivity index (χ4v) is 0.836. The van der Waals surface area contributed by atoms with Crippen LogP contribution in [-0.4, -0.2) is 50.1 Å². The van der Waals surface area contributed by atoms with Crippen LogP contribution in [0.4, 0.5) is 4.79 Å². The summed E-state index contributed by atoms with van der Waals surface area (Å²) in [6, 6.07) is 0. The van der Waals surface area contributed by atoms with Gasteiger partial charge in [0.1, 0.15) is 0 Å². The van der Waals surface area contributed by atoms with Crippen molar-refractivity contribution >= 4 is 24.1 Å². The number of carboxylic acids is 2. The van der Waals surface area contributed by atoms with Gasteiger partial charge in [0, 0.05) is 0 Å². The van der Waals surface area contributed by atoms with E-state index in [1.165, 1.54) is 0 Å². The molecular formula is C7H11Na3O9. The average Bonchev–Trinajstić information content (AvgIpc) is 1.98. The third kappa shape index (κ3) is 12.3. The van der Waals surface area contributed by atoms with Gasteiger partial charge in [0.05, 0.1) is 12.8 Å². The summed E-state index contributed by atoms with van der Waals surface area (Å²) in [5.41, 5.74) is -2.89. The van der Waals surface area contributed by atoms with Crippen molar-refractivity contribution in [3.8, 4) is 0 Å². The Morgan fingerprint density at radius 3 is 1.63 bits per heavy atom. The molecule has 0 saturated heterocycles. The molecule has 0 aromatic heterocycles. The van der Waals surface area contributed by atoms with Crippen LogP contribution in [0.15, 0.2) is 0 Å². The Labute approximate surface area is 178 Å². The van der Waals surface area contributed by atoms with E-state index in [1.807, 2.05) is 0 Å². The number of hydrogen-bond donors (Lipinski definition) is 4. The first-order valence-corrected chi connectivity index (χ1v) is 3.78. The van der Waals surface area contributed by atoms with E-state index in [0.717, 1.165) is 0 Å². The molecule has 0 spiro atoms. The van der Waals surface area contributed by atoms with E-state index in [1.54, 1.807) is 0 Å². The minimum Gasteiger partial charge on any atom is -1.00 e. The van der Waals surface area contributed by atoms with Crippen molar-refractivity contribution in [1.29, 1.82) is 0 Å². The molecule has 0 saturated carbocycles. The molecule has 4 N–H and O–H groups in total. The summed E-state index contributed by atoms with van der Waals surface area (Å²) in [5, 5.41) is 34.1. The van der Waals surface area contributed by atoms with Crippen molar-refractivity contribution in [2.45, 2.75) is 18.4 Å². The third-order valence-corrected chi connectivity index (χ3v) is 1.48. The molecule has 0 bridgehead atoms. The SMILES string of the molecule is O=C(O)CC(O)(CC(=O)OC(=O)O)C(=O)O.[H-].[H-].[H-].[Na+].[Na+].[Na+]. The first-order chi connectivity index (χ1) is 7.17. The molecule has 0 aliphatic carbocycles. The van der Waals surface area contributed by atoms with Crippen molar-refractivity contribution in [2.75, 3.05) is 0 Å². The zero-order valence-electron chi connectivity index (χ0n) is 13.7. The first kappa shape index (κ1) is 28.1. The van der Waals surface area contributed by atoms with Crippen LogP contribution < -0.4 is 88.7 Å². The summed E-state index contributed by atoms with van der Waals surface area (Å²) in [4.78, 5) is 41.4. The number of carbonyl (C=O) groups is 4. The summed E-state index contributed by atoms with van der Waals surface area (Å²) in [5.74, 6) is -5.18. The largest absolute Gasteiger partial charge is 1.00 e. The molecule has 19 heavy (non-hydrogen) atoms. The maximum atomic E-state index is 10.7. The van der Waals surface area contributed by atoms with Gasteiger partial charge in [0.2, 0.25) is 0 Å². The normalized spacial score (nSPS) is 11.4. The molecule has 12 heteroatoms. The summed E-state index contributed by atoms with van der Waals surface area (Å²) < 4.78 is 3.54. The molecule has 96 valence electrons. The Bertz CT molecular complexity index is 357. The molecule has 0 fully saturated rings. The van der Waals surface area contributed by atoms with Crippen molar-refractivity contribution in [3.05, 3.63) is 0 Å². The van der Waals surface area contributed by atoms with E-state index < -0.39 is 42.5 Å². The standard InChI is InChI=1S/C7H8O9.3Na.3H/c8-3(9)1-7(15,5(11)12)2-4(10)16-6(13)14;;;;;;/h15H,1-2H2,(H,8,9)(H,11,12)(H,13,14);;;;;;/q;3*+1;3*-1.